The Hall–Kier alpha value is -2.61. The van der Waals surface area contributed by atoms with Crippen molar-refractivity contribution in [2.45, 2.75) is 39.7 Å². The van der Waals surface area contributed by atoms with E-state index in [-0.39, 0.29) is 17.4 Å². The number of nitrogens with one attached hydrogen (secondary N) is 1. The van der Waals surface area contributed by atoms with Crippen molar-refractivity contribution in [3.63, 3.8) is 0 Å². The second kappa shape index (κ2) is 9.04. The Labute approximate surface area is 182 Å². The Kier molecular flexibility index (Phi) is 6.65. The van der Waals surface area contributed by atoms with Gasteiger partial charge in [-0.3, -0.25) is 4.79 Å². The van der Waals surface area contributed by atoms with Crippen molar-refractivity contribution in [2.24, 2.45) is 0 Å². The van der Waals surface area contributed by atoms with Gasteiger partial charge in [0, 0.05) is 42.5 Å². The molecular formula is C22H30N4O3S. The van der Waals surface area contributed by atoms with Crippen LogP contribution in [0.1, 0.15) is 47.4 Å². The monoisotopic (exact) mass is 430 g/mol. The SMILES string of the molecule is COc1cc(C(=O)N2CCN(C(=O)NCc3csc(C(C)(C)C)n3)CC2)ccc1C. The van der Waals surface area contributed by atoms with Gasteiger partial charge < -0.3 is 19.9 Å². The molecular weight excluding hydrogens is 400 g/mol. The highest BCUT2D eigenvalue weighted by atomic mass is 32.1. The lowest BCUT2D eigenvalue weighted by Gasteiger charge is -2.34. The Morgan fingerprint density at radius 2 is 1.83 bits per heavy atom. The fourth-order valence-corrected chi connectivity index (χ4v) is 4.17. The number of methoxy groups -OCH3 is 1. The first-order valence-electron chi connectivity index (χ1n) is 10.1. The van der Waals surface area contributed by atoms with Gasteiger partial charge in [-0.15, -0.1) is 11.3 Å². The van der Waals surface area contributed by atoms with Gasteiger partial charge in [0.05, 0.1) is 24.4 Å². The van der Waals surface area contributed by atoms with Crippen LogP contribution in [0.25, 0.3) is 0 Å². The molecule has 7 nitrogen and oxygen atoms in total. The maximum absolute atomic E-state index is 12.8. The third-order valence-electron chi connectivity index (χ3n) is 5.12. The quantitative estimate of drug-likeness (QED) is 0.807. The van der Waals surface area contributed by atoms with Gasteiger partial charge in [-0.1, -0.05) is 26.8 Å². The second-order valence-corrected chi connectivity index (χ2v) is 9.37. The normalized spacial score (nSPS) is 14.6. The van der Waals surface area contributed by atoms with Gasteiger partial charge in [-0.2, -0.15) is 0 Å². The Morgan fingerprint density at radius 1 is 1.17 bits per heavy atom. The number of hydrogen-bond donors (Lipinski definition) is 1. The second-order valence-electron chi connectivity index (χ2n) is 8.52. The predicted molar refractivity (Wildman–Crippen MR) is 118 cm³/mol. The molecule has 162 valence electrons. The zero-order chi connectivity index (χ0) is 21.9. The van der Waals surface area contributed by atoms with Crippen molar-refractivity contribution >= 4 is 23.3 Å². The fraction of sp³-hybridized carbons (Fsp3) is 0.500. The number of hydrogen-bond acceptors (Lipinski definition) is 5. The molecule has 1 aromatic heterocycles. The average Bonchev–Trinajstić information content (AvgIpc) is 3.22. The van der Waals surface area contributed by atoms with E-state index in [1.54, 1.807) is 34.3 Å². The van der Waals surface area contributed by atoms with E-state index in [1.165, 1.54) is 0 Å². The van der Waals surface area contributed by atoms with Crippen LogP contribution in [0.2, 0.25) is 0 Å². The lowest BCUT2D eigenvalue weighted by Crippen LogP contribution is -2.53. The van der Waals surface area contributed by atoms with E-state index in [0.717, 1.165) is 16.3 Å². The summed E-state index contributed by atoms with van der Waals surface area (Å²) in [4.78, 5) is 33.4. The summed E-state index contributed by atoms with van der Waals surface area (Å²) in [5, 5.41) is 6.00. The first-order valence-corrected chi connectivity index (χ1v) is 11.0. The third kappa shape index (κ3) is 5.11. The van der Waals surface area contributed by atoms with Gasteiger partial charge in [0.25, 0.3) is 5.91 Å². The first kappa shape index (κ1) is 22.1. The molecule has 30 heavy (non-hydrogen) atoms. The van der Waals surface area contributed by atoms with E-state index in [0.29, 0.717) is 44.0 Å². The number of benzene rings is 1. The van der Waals surface area contributed by atoms with Crippen LogP contribution in [0.15, 0.2) is 23.6 Å². The van der Waals surface area contributed by atoms with Gasteiger partial charge in [0.15, 0.2) is 0 Å². The van der Waals surface area contributed by atoms with E-state index in [2.05, 4.69) is 31.1 Å². The summed E-state index contributed by atoms with van der Waals surface area (Å²) in [5.74, 6) is 0.668. The molecule has 0 radical (unpaired) electrons. The lowest BCUT2D eigenvalue weighted by atomic mass is 9.98. The molecule has 3 rings (SSSR count). The molecule has 1 aliphatic rings. The minimum atomic E-state index is -0.121. The highest BCUT2D eigenvalue weighted by Crippen LogP contribution is 2.25. The number of aromatic nitrogens is 1. The number of amides is 3. The molecule has 1 N–H and O–H groups in total. The zero-order valence-corrected chi connectivity index (χ0v) is 19.1. The van der Waals surface area contributed by atoms with Crippen LogP contribution in [0, 0.1) is 6.92 Å². The molecule has 0 unspecified atom stereocenters. The van der Waals surface area contributed by atoms with E-state index < -0.39 is 0 Å². The molecule has 8 heteroatoms. The predicted octanol–water partition coefficient (Wildman–Crippen LogP) is 3.43. The van der Waals surface area contributed by atoms with Crippen molar-refractivity contribution in [3.8, 4) is 5.75 Å². The number of urea groups is 1. The third-order valence-corrected chi connectivity index (χ3v) is 6.44. The van der Waals surface area contributed by atoms with Gasteiger partial charge in [-0.25, -0.2) is 9.78 Å². The van der Waals surface area contributed by atoms with Gasteiger partial charge in [-0.05, 0) is 24.6 Å². The maximum atomic E-state index is 12.8. The minimum absolute atomic E-state index is 0.0112. The van der Waals surface area contributed by atoms with E-state index in [4.69, 9.17) is 4.74 Å². The summed E-state index contributed by atoms with van der Waals surface area (Å²) in [6, 6.07) is 5.36. The molecule has 0 atom stereocenters. The van der Waals surface area contributed by atoms with Crippen LogP contribution in [-0.2, 0) is 12.0 Å². The zero-order valence-electron chi connectivity index (χ0n) is 18.3. The summed E-state index contributed by atoms with van der Waals surface area (Å²) in [6.07, 6.45) is 0. The van der Waals surface area contributed by atoms with E-state index in [1.807, 2.05) is 24.4 Å². The number of nitrogens with zero attached hydrogens (tertiary/aromatic N) is 3. The molecule has 0 spiro atoms. The van der Waals surface area contributed by atoms with Crippen molar-refractivity contribution in [1.82, 2.24) is 20.1 Å². The van der Waals surface area contributed by atoms with Crippen LogP contribution in [0.4, 0.5) is 4.79 Å². The lowest BCUT2D eigenvalue weighted by molar-refractivity contribution is 0.0664. The Balaban J connectivity index is 1.50. The smallest absolute Gasteiger partial charge is 0.317 e. The summed E-state index contributed by atoms with van der Waals surface area (Å²) in [5.41, 5.74) is 2.48. The van der Waals surface area contributed by atoms with Crippen LogP contribution < -0.4 is 10.1 Å². The molecule has 2 aromatic rings. The van der Waals surface area contributed by atoms with E-state index >= 15 is 0 Å². The molecule has 0 bridgehead atoms. The van der Waals surface area contributed by atoms with Crippen LogP contribution in [0.5, 0.6) is 5.75 Å². The number of ether oxygens (including phenoxy) is 1. The minimum Gasteiger partial charge on any atom is -0.496 e. The van der Waals surface area contributed by atoms with Crippen LogP contribution >= 0.6 is 11.3 Å². The summed E-state index contributed by atoms with van der Waals surface area (Å²) >= 11 is 1.62. The van der Waals surface area contributed by atoms with Crippen LogP contribution in [0.3, 0.4) is 0 Å². The standard InChI is InChI=1S/C22H30N4O3S/c1-15-6-7-16(12-18(15)29-5)19(27)25-8-10-26(11-9-25)21(28)23-13-17-14-30-20(24-17)22(2,3)4/h6-7,12,14H,8-11,13H2,1-5H3,(H,23,28). The van der Waals surface area contributed by atoms with E-state index in [9.17, 15) is 9.59 Å². The highest BCUT2D eigenvalue weighted by Gasteiger charge is 2.25. The topological polar surface area (TPSA) is 74.8 Å². The number of carbonyl (C=O) groups excluding carboxylic acids is 2. The molecule has 0 saturated carbocycles. The van der Waals surface area contributed by atoms with Crippen molar-refractivity contribution in [1.29, 1.82) is 0 Å². The Morgan fingerprint density at radius 3 is 2.43 bits per heavy atom. The first-order chi connectivity index (χ1) is 14.2. The molecule has 1 fully saturated rings. The summed E-state index contributed by atoms with van der Waals surface area (Å²) < 4.78 is 5.32. The van der Waals surface area contributed by atoms with Gasteiger partial charge >= 0.3 is 6.03 Å². The number of piperazine rings is 1. The molecule has 1 saturated heterocycles. The Bertz CT molecular complexity index is 911. The number of carbonyl (C=O) groups is 2. The molecule has 2 heterocycles. The van der Waals surface area contributed by atoms with Crippen LogP contribution in [-0.4, -0.2) is 60.0 Å². The van der Waals surface area contributed by atoms with Crippen molar-refractivity contribution in [2.75, 3.05) is 33.3 Å². The molecule has 0 aliphatic carbocycles. The largest absolute Gasteiger partial charge is 0.496 e. The summed E-state index contributed by atoms with van der Waals surface area (Å²) in [7, 11) is 1.60. The van der Waals surface area contributed by atoms with Crippen molar-refractivity contribution in [3.05, 3.63) is 45.4 Å². The average molecular weight is 431 g/mol. The van der Waals surface area contributed by atoms with Crippen molar-refractivity contribution < 1.29 is 14.3 Å². The highest BCUT2D eigenvalue weighted by molar-refractivity contribution is 7.09. The molecule has 3 amide bonds. The molecule has 1 aromatic carbocycles. The number of thiazole rings is 1. The number of aryl methyl sites for hydroxylation is 1. The molecule has 1 aliphatic heterocycles. The van der Waals surface area contributed by atoms with Gasteiger partial charge in [0.1, 0.15) is 5.75 Å². The fourth-order valence-electron chi connectivity index (χ4n) is 3.26. The number of rotatable bonds is 4. The summed E-state index contributed by atoms with van der Waals surface area (Å²) in [6.45, 7) is 10.8. The van der Waals surface area contributed by atoms with Gasteiger partial charge in [0.2, 0.25) is 0 Å². The maximum Gasteiger partial charge on any atom is 0.317 e.